The van der Waals surface area contributed by atoms with Gasteiger partial charge in [-0.2, -0.15) is 0 Å². The van der Waals surface area contributed by atoms with Crippen LogP contribution in [0.4, 0.5) is 20.7 Å². The van der Waals surface area contributed by atoms with E-state index < -0.39 is 5.82 Å². The Hall–Kier alpha value is -3.36. The normalized spacial score (nSPS) is 18.1. The van der Waals surface area contributed by atoms with Gasteiger partial charge in [0.2, 0.25) is 0 Å². The summed E-state index contributed by atoms with van der Waals surface area (Å²) in [7, 11) is 3.69. The summed E-state index contributed by atoms with van der Waals surface area (Å²) in [5.41, 5.74) is 2.53. The number of nitrogens with one attached hydrogen (secondary N) is 1. The number of phenolic OH excluding ortho intramolecular Hbond substituents is 1. The quantitative estimate of drug-likeness (QED) is 0.542. The van der Waals surface area contributed by atoms with E-state index in [0.717, 1.165) is 25.3 Å². The fourth-order valence-electron chi connectivity index (χ4n) is 4.77. The van der Waals surface area contributed by atoms with E-state index >= 15 is 0 Å². The second-order valence-electron chi connectivity index (χ2n) is 8.99. The van der Waals surface area contributed by atoms with Gasteiger partial charge in [-0.3, -0.25) is 4.90 Å². The van der Waals surface area contributed by atoms with E-state index in [1.54, 1.807) is 47.3 Å². The van der Waals surface area contributed by atoms with E-state index in [1.807, 2.05) is 13.1 Å². The molecule has 5 rings (SSSR count). The van der Waals surface area contributed by atoms with Crippen molar-refractivity contribution in [1.82, 2.24) is 15.2 Å². The fraction of sp³-hybridized carbons (Fsp3) is 0.308. The minimum absolute atomic E-state index is 0.0427. The third-order valence-corrected chi connectivity index (χ3v) is 7.12. The minimum atomic E-state index is -0.473. The summed E-state index contributed by atoms with van der Waals surface area (Å²) in [6, 6.07) is 11.7. The maximum Gasteiger partial charge on any atom is 0.324 e. The number of aromatic hydroxyl groups is 1. The van der Waals surface area contributed by atoms with Crippen LogP contribution in [-0.2, 0) is 0 Å². The average molecular weight is 496 g/mol. The van der Waals surface area contributed by atoms with Crippen LogP contribution in [0.5, 0.6) is 5.75 Å². The number of phenols is 1. The van der Waals surface area contributed by atoms with Crippen molar-refractivity contribution in [3.63, 3.8) is 0 Å². The predicted molar refractivity (Wildman–Crippen MR) is 137 cm³/mol. The molecular formula is C26H27ClFN5O2. The number of hydrogen-bond donors (Lipinski definition) is 2. The zero-order valence-electron chi connectivity index (χ0n) is 19.6. The monoisotopic (exact) mass is 495 g/mol. The molecule has 0 unspecified atom stereocenters. The lowest BCUT2D eigenvalue weighted by Crippen LogP contribution is -2.29. The van der Waals surface area contributed by atoms with Gasteiger partial charge in [0, 0.05) is 56.6 Å². The van der Waals surface area contributed by atoms with Gasteiger partial charge >= 0.3 is 6.03 Å². The van der Waals surface area contributed by atoms with Crippen LogP contribution < -0.4 is 15.1 Å². The highest BCUT2D eigenvalue weighted by Gasteiger charge is 2.28. The van der Waals surface area contributed by atoms with Crippen LogP contribution in [0.25, 0.3) is 22.3 Å². The summed E-state index contributed by atoms with van der Waals surface area (Å²) in [5, 5.41) is 14.8. The number of anilines is 2. The first-order valence-corrected chi connectivity index (χ1v) is 12.0. The standard InChI is InChI=1S/C26H27ClFN5O2/c1-29-19-6-8-32(15-19)24-12-17(5-7-30-24)21-14-18(28)13-20(25(21)34)16-3-4-23(22(27)11-16)33-10-9-31(2)26(33)35/h3-5,7,11-14,19,29,34H,6,8-10,15H2,1-2H3/t19-/m0/s1. The van der Waals surface area contributed by atoms with Crippen molar-refractivity contribution in [2.75, 3.05) is 50.1 Å². The number of halogens is 2. The molecule has 2 aliphatic heterocycles. The Bertz CT molecular complexity index is 1290. The van der Waals surface area contributed by atoms with Gasteiger partial charge in [-0.25, -0.2) is 14.2 Å². The molecule has 2 aromatic carbocycles. The second kappa shape index (κ2) is 9.36. The van der Waals surface area contributed by atoms with Crippen LogP contribution >= 0.6 is 11.6 Å². The zero-order valence-corrected chi connectivity index (χ0v) is 20.4. The van der Waals surface area contributed by atoms with Gasteiger partial charge in [0.15, 0.2) is 0 Å². The Morgan fingerprint density at radius 3 is 2.46 bits per heavy atom. The van der Waals surface area contributed by atoms with Crippen LogP contribution in [0.3, 0.4) is 0 Å². The van der Waals surface area contributed by atoms with Gasteiger partial charge in [0.1, 0.15) is 17.4 Å². The first kappa shape index (κ1) is 23.4. The highest BCUT2D eigenvalue weighted by Crippen LogP contribution is 2.42. The Labute approximate surface area is 208 Å². The lowest BCUT2D eigenvalue weighted by molar-refractivity contribution is 0.229. The summed E-state index contributed by atoms with van der Waals surface area (Å²) >= 11 is 6.53. The van der Waals surface area contributed by atoms with Crippen LogP contribution in [0.1, 0.15) is 6.42 Å². The van der Waals surface area contributed by atoms with Crippen molar-refractivity contribution < 1.29 is 14.3 Å². The molecule has 3 heterocycles. The van der Waals surface area contributed by atoms with Crippen molar-refractivity contribution in [2.45, 2.75) is 12.5 Å². The maximum absolute atomic E-state index is 14.8. The van der Waals surface area contributed by atoms with Crippen molar-refractivity contribution in [2.24, 2.45) is 0 Å². The molecule has 35 heavy (non-hydrogen) atoms. The van der Waals surface area contributed by atoms with Crippen LogP contribution in [-0.4, -0.2) is 67.3 Å². The van der Waals surface area contributed by atoms with Gasteiger partial charge in [-0.15, -0.1) is 0 Å². The predicted octanol–water partition coefficient (Wildman–Crippen LogP) is 4.58. The van der Waals surface area contributed by atoms with Gasteiger partial charge in [-0.1, -0.05) is 17.7 Å². The molecule has 1 atom stereocenters. The number of urea groups is 1. The highest BCUT2D eigenvalue weighted by atomic mass is 35.5. The molecule has 2 aliphatic rings. The summed E-state index contributed by atoms with van der Waals surface area (Å²) in [5.74, 6) is 0.274. The lowest BCUT2D eigenvalue weighted by atomic mass is 9.97. The molecule has 0 spiro atoms. The second-order valence-corrected chi connectivity index (χ2v) is 9.40. The Morgan fingerprint density at radius 1 is 1.09 bits per heavy atom. The topological polar surface area (TPSA) is 71.9 Å². The number of nitrogens with zero attached hydrogens (tertiary/aromatic N) is 4. The number of carbonyl (C=O) groups excluding carboxylic acids is 1. The van der Waals surface area contributed by atoms with Crippen molar-refractivity contribution >= 4 is 29.1 Å². The molecule has 2 amide bonds. The summed E-state index contributed by atoms with van der Waals surface area (Å²) in [6.07, 6.45) is 2.70. The van der Waals surface area contributed by atoms with Crippen LogP contribution in [0, 0.1) is 5.82 Å². The SMILES string of the molecule is CN[C@H]1CCN(c2cc(-c3cc(F)cc(-c4ccc(N5CCN(C)C5=O)c(Cl)c4)c3O)ccn2)C1. The number of benzene rings is 2. The van der Waals surface area contributed by atoms with Gasteiger partial charge < -0.3 is 20.2 Å². The first-order chi connectivity index (χ1) is 16.9. The van der Waals surface area contributed by atoms with Gasteiger partial charge in [0.05, 0.1) is 10.7 Å². The van der Waals surface area contributed by atoms with E-state index in [0.29, 0.717) is 52.1 Å². The van der Waals surface area contributed by atoms with E-state index in [1.165, 1.54) is 12.1 Å². The average Bonchev–Trinajstić information content (AvgIpc) is 3.47. The highest BCUT2D eigenvalue weighted by molar-refractivity contribution is 6.34. The zero-order chi connectivity index (χ0) is 24.7. The van der Waals surface area contributed by atoms with E-state index in [9.17, 15) is 14.3 Å². The largest absolute Gasteiger partial charge is 0.507 e. The molecule has 3 aromatic rings. The van der Waals surface area contributed by atoms with Gasteiger partial charge in [0.25, 0.3) is 0 Å². The summed E-state index contributed by atoms with van der Waals surface area (Å²) in [4.78, 5) is 22.3. The summed E-state index contributed by atoms with van der Waals surface area (Å²) < 4.78 is 14.8. The molecule has 1 aromatic heterocycles. The fourth-order valence-corrected chi connectivity index (χ4v) is 5.05. The van der Waals surface area contributed by atoms with Crippen molar-refractivity contribution in [3.8, 4) is 28.0 Å². The third kappa shape index (κ3) is 4.39. The molecule has 0 bridgehead atoms. The third-order valence-electron chi connectivity index (χ3n) is 6.82. The Morgan fingerprint density at radius 2 is 1.83 bits per heavy atom. The molecule has 0 aliphatic carbocycles. The lowest BCUT2D eigenvalue weighted by Gasteiger charge is -2.19. The number of aromatic nitrogens is 1. The molecule has 2 fully saturated rings. The van der Waals surface area contributed by atoms with Crippen molar-refractivity contribution in [1.29, 1.82) is 0 Å². The van der Waals surface area contributed by atoms with Crippen LogP contribution in [0.2, 0.25) is 5.02 Å². The van der Waals surface area contributed by atoms with Crippen molar-refractivity contribution in [3.05, 3.63) is 59.5 Å². The molecule has 0 radical (unpaired) electrons. The van der Waals surface area contributed by atoms with Crippen LogP contribution in [0.15, 0.2) is 48.7 Å². The number of likely N-dealkylation sites (N-methyl/N-ethyl adjacent to an activating group) is 2. The number of amides is 2. The number of hydrogen-bond acceptors (Lipinski definition) is 5. The molecule has 9 heteroatoms. The molecule has 0 saturated carbocycles. The van der Waals surface area contributed by atoms with E-state index in [2.05, 4.69) is 15.2 Å². The number of rotatable bonds is 5. The van der Waals surface area contributed by atoms with Gasteiger partial charge in [-0.05, 0) is 61.0 Å². The molecule has 2 saturated heterocycles. The van der Waals surface area contributed by atoms with E-state index in [4.69, 9.17) is 11.6 Å². The molecule has 182 valence electrons. The summed E-state index contributed by atoms with van der Waals surface area (Å²) in [6.45, 7) is 2.88. The van der Waals surface area contributed by atoms with E-state index in [-0.39, 0.29) is 11.8 Å². The minimum Gasteiger partial charge on any atom is -0.507 e. The first-order valence-electron chi connectivity index (χ1n) is 11.6. The number of carbonyl (C=O) groups is 1. The molecular weight excluding hydrogens is 469 g/mol. The molecule has 7 nitrogen and oxygen atoms in total. The Balaban J connectivity index is 1.49. The maximum atomic E-state index is 14.8. The smallest absolute Gasteiger partial charge is 0.324 e. The molecule has 2 N–H and O–H groups in total. The Kier molecular flexibility index (Phi) is 6.25. The number of pyridine rings is 1.